The van der Waals surface area contributed by atoms with Gasteiger partial charge in [0.1, 0.15) is 6.04 Å². The van der Waals surface area contributed by atoms with Gasteiger partial charge < -0.3 is 16.0 Å². The quantitative estimate of drug-likeness (QED) is 0.879. The Morgan fingerprint density at radius 2 is 1.60 bits per heavy atom. The first-order valence-electron chi connectivity index (χ1n) is 8.22. The van der Waals surface area contributed by atoms with E-state index in [1.54, 1.807) is 7.05 Å². The Kier molecular flexibility index (Phi) is 5.93. The van der Waals surface area contributed by atoms with E-state index in [9.17, 15) is 9.59 Å². The van der Waals surface area contributed by atoms with Gasteiger partial charge in [-0.25, -0.2) is 0 Å². The third-order valence-electron chi connectivity index (χ3n) is 4.21. The summed E-state index contributed by atoms with van der Waals surface area (Å²) in [6, 6.07) is 12.5. The van der Waals surface area contributed by atoms with Gasteiger partial charge in [-0.15, -0.1) is 0 Å². The monoisotopic (exact) mass is 339 g/mol. The van der Waals surface area contributed by atoms with Crippen molar-refractivity contribution in [2.24, 2.45) is 5.73 Å². The SMILES string of the molecule is Cc1ccc(C(N)C(=O)N(C)CC(=O)Nc2c(C)cccc2C)cc1. The van der Waals surface area contributed by atoms with Crippen molar-refractivity contribution in [3.63, 3.8) is 0 Å². The topological polar surface area (TPSA) is 75.4 Å². The maximum Gasteiger partial charge on any atom is 0.244 e. The summed E-state index contributed by atoms with van der Waals surface area (Å²) in [6.45, 7) is 5.79. The van der Waals surface area contributed by atoms with Crippen molar-refractivity contribution in [1.29, 1.82) is 0 Å². The molecule has 0 aliphatic rings. The van der Waals surface area contributed by atoms with E-state index in [1.807, 2.05) is 63.2 Å². The second kappa shape index (κ2) is 7.94. The number of nitrogens with two attached hydrogens (primary N) is 1. The van der Waals surface area contributed by atoms with Gasteiger partial charge in [-0.2, -0.15) is 0 Å². The predicted octanol–water partition coefficient (Wildman–Crippen LogP) is 2.71. The lowest BCUT2D eigenvalue weighted by atomic mass is 10.0. The number of aryl methyl sites for hydroxylation is 3. The Morgan fingerprint density at radius 1 is 1.04 bits per heavy atom. The van der Waals surface area contributed by atoms with Gasteiger partial charge >= 0.3 is 0 Å². The summed E-state index contributed by atoms with van der Waals surface area (Å²) in [7, 11) is 1.58. The number of anilines is 1. The molecule has 0 aliphatic carbocycles. The molecule has 0 spiro atoms. The Labute approximate surface area is 148 Å². The molecule has 5 nitrogen and oxygen atoms in total. The lowest BCUT2D eigenvalue weighted by Gasteiger charge is -2.22. The molecule has 2 rings (SSSR count). The maximum absolute atomic E-state index is 12.5. The molecule has 132 valence electrons. The molecule has 0 bridgehead atoms. The van der Waals surface area contributed by atoms with Crippen LogP contribution in [-0.4, -0.2) is 30.3 Å². The number of rotatable bonds is 5. The third-order valence-corrected chi connectivity index (χ3v) is 4.21. The van der Waals surface area contributed by atoms with Gasteiger partial charge in [0.15, 0.2) is 0 Å². The zero-order chi connectivity index (χ0) is 18.6. The van der Waals surface area contributed by atoms with Gasteiger partial charge in [-0.1, -0.05) is 48.0 Å². The van der Waals surface area contributed by atoms with Crippen LogP contribution in [0.25, 0.3) is 0 Å². The number of likely N-dealkylation sites (N-methyl/N-ethyl adjacent to an activating group) is 1. The zero-order valence-electron chi connectivity index (χ0n) is 15.2. The van der Waals surface area contributed by atoms with E-state index in [1.165, 1.54) is 4.90 Å². The van der Waals surface area contributed by atoms with Crippen LogP contribution in [0.4, 0.5) is 5.69 Å². The average Bonchev–Trinajstić information content (AvgIpc) is 2.57. The molecular formula is C20H25N3O2. The van der Waals surface area contributed by atoms with Crippen LogP contribution in [0.3, 0.4) is 0 Å². The third kappa shape index (κ3) is 4.67. The number of carbonyl (C=O) groups is 2. The minimum Gasteiger partial charge on any atom is -0.335 e. The minimum absolute atomic E-state index is 0.0494. The van der Waals surface area contributed by atoms with Crippen LogP contribution in [0.2, 0.25) is 0 Å². The zero-order valence-corrected chi connectivity index (χ0v) is 15.2. The Hall–Kier alpha value is -2.66. The van der Waals surface area contributed by atoms with E-state index in [4.69, 9.17) is 5.73 Å². The van der Waals surface area contributed by atoms with Crippen molar-refractivity contribution in [3.05, 3.63) is 64.7 Å². The summed E-state index contributed by atoms with van der Waals surface area (Å²) in [5, 5.41) is 2.88. The molecule has 25 heavy (non-hydrogen) atoms. The Balaban J connectivity index is 2.00. The summed E-state index contributed by atoms with van der Waals surface area (Å²) in [5.41, 5.74) is 10.6. The molecule has 1 unspecified atom stereocenters. The van der Waals surface area contributed by atoms with E-state index >= 15 is 0 Å². The molecule has 2 aromatic rings. The first-order valence-corrected chi connectivity index (χ1v) is 8.22. The Morgan fingerprint density at radius 3 is 2.16 bits per heavy atom. The molecule has 2 amide bonds. The highest BCUT2D eigenvalue weighted by Crippen LogP contribution is 2.19. The molecule has 0 fully saturated rings. The highest BCUT2D eigenvalue weighted by Gasteiger charge is 2.21. The van der Waals surface area contributed by atoms with Crippen molar-refractivity contribution in [1.82, 2.24) is 4.90 Å². The van der Waals surface area contributed by atoms with Crippen molar-refractivity contribution < 1.29 is 9.59 Å². The number of amides is 2. The first-order chi connectivity index (χ1) is 11.8. The number of nitrogens with zero attached hydrogens (tertiary/aromatic N) is 1. The smallest absolute Gasteiger partial charge is 0.244 e. The van der Waals surface area contributed by atoms with Gasteiger partial charge in [-0.3, -0.25) is 9.59 Å². The van der Waals surface area contributed by atoms with Gasteiger partial charge in [0.2, 0.25) is 11.8 Å². The molecule has 2 aromatic carbocycles. The molecule has 5 heteroatoms. The number of benzene rings is 2. The van der Waals surface area contributed by atoms with Crippen LogP contribution in [0.5, 0.6) is 0 Å². The van der Waals surface area contributed by atoms with Gasteiger partial charge in [0.05, 0.1) is 6.54 Å². The van der Waals surface area contributed by atoms with E-state index in [-0.39, 0.29) is 18.4 Å². The minimum atomic E-state index is -0.779. The number of hydrogen-bond donors (Lipinski definition) is 2. The average molecular weight is 339 g/mol. The lowest BCUT2D eigenvalue weighted by molar-refractivity contribution is -0.134. The van der Waals surface area contributed by atoms with E-state index < -0.39 is 6.04 Å². The Bertz CT molecular complexity index is 749. The van der Waals surface area contributed by atoms with Crippen LogP contribution in [-0.2, 0) is 9.59 Å². The highest BCUT2D eigenvalue weighted by molar-refractivity contribution is 5.96. The summed E-state index contributed by atoms with van der Waals surface area (Å²) < 4.78 is 0. The molecule has 0 heterocycles. The van der Waals surface area contributed by atoms with Crippen LogP contribution in [0, 0.1) is 20.8 Å². The van der Waals surface area contributed by atoms with Gasteiger partial charge in [0, 0.05) is 12.7 Å². The van der Waals surface area contributed by atoms with E-state index in [2.05, 4.69) is 5.32 Å². The lowest BCUT2D eigenvalue weighted by Crippen LogP contribution is -2.40. The largest absolute Gasteiger partial charge is 0.335 e. The number of carbonyl (C=O) groups excluding carboxylic acids is 2. The summed E-state index contributed by atoms with van der Waals surface area (Å²) in [4.78, 5) is 26.1. The highest BCUT2D eigenvalue weighted by atomic mass is 16.2. The standard InChI is InChI=1S/C20H25N3O2/c1-13-8-10-16(11-9-13)18(21)20(25)23(4)12-17(24)22-19-14(2)6-5-7-15(19)3/h5-11,18H,12,21H2,1-4H3,(H,22,24). The normalized spacial score (nSPS) is 11.7. The molecule has 0 aliphatic heterocycles. The summed E-state index contributed by atoms with van der Waals surface area (Å²) >= 11 is 0. The van der Waals surface area contributed by atoms with Gasteiger partial charge in [-0.05, 0) is 37.5 Å². The van der Waals surface area contributed by atoms with Crippen LogP contribution >= 0.6 is 0 Å². The molecule has 3 N–H and O–H groups in total. The summed E-state index contributed by atoms with van der Waals surface area (Å²) in [6.07, 6.45) is 0. The fourth-order valence-corrected chi connectivity index (χ4v) is 2.64. The second-order valence-corrected chi connectivity index (χ2v) is 6.40. The number of nitrogens with one attached hydrogen (secondary N) is 1. The molecular weight excluding hydrogens is 314 g/mol. The fraction of sp³-hybridized carbons (Fsp3) is 0.300. The number of para-hydroxylation sites is 1. The maximum atomic E-state index is 12.5. The molecule has 0 saturated heterocycles. The van der Waals surface area contributed by atoms with Crippen molar-refractivity contribution in [2.75, 3.05) is 18.9 Å². The van der Waals surface area contributed by atoms with Crippen molar-refractivity contribution in [2.45, 2.75) is 26.8 Å². The van der Waals surface area contributed by atoms with Crippen LogP contribution in [0.15, 0.2) is 42.5 Å². The molecule has 0 saturated carbocycles. The fourth-order valence-electron chi connectivity index (χ4n) is 2.64. The van der Waals surface area contributed by atoms with E-state index in [0.29, 0.717) is 0 Å². The summed E-state index contributed by atoms with van der Waals surface area (Å²) in [5.74, 6) is -0.537. The van der Waals surface area contributed by atoms with Crippen LogP contribution < -0.4 is 11.1 Å². The van der Waals surface area contributed by atoms with Crippen molar-refractivity contribution in [3.8, 4) is 0 Å². The molecule has 0 radical (unpaired) electrons. The molecule has 0 aromatic heterocycles. The van der Waals surface area contributed by atoms with E-state index in [0.717, 1.165) is 27.9 Å². The predicted molar refractivity (Wildman–Crippen MR) is 100 cm³/mol. The molecule has 1 atom stereocenters. The number of hydrogen-bond acceptors (Lipinski definition) is 3. The van der Waals surface area contributed by atoms with Crippen molar-refractivity contribution >= 4 is 17.5 Å². The second-order valence-electron chi connectivity index (χ2n) is 6.40. The first kappa shape index (κ1) is 18.7. The van der Waals surface area contributed by atoms with Crippen LogP contribution in [0.1, 0.15) is 28.3 Å². The van der Waals surface area contributed by atoms with Gasteiger partial charge in [0.25, 0.3) is 0 Å².